The number of esters is 1. The monoisotopic (exact) mass is 490 g/mol. The molecule has 1 aliphatic heterocycles. The number of carbonyl (C=O) groups is 2. The number of carbonyl (C=O) groups excluding carboxylic acids is 2. The van der Waals surface area contributed by atoms with Gasteiger partial charge in [0.1, 0.15) is 18.0 Å². The first-order valence-corrected chi connectivity index (χ1v) is 11.7. The molecule has 0 spiro atoms. The van der Waals surface area contributed by atoms with Gasteiger partial charge < -0.3 is 33.5 Å². The molecule has 5 atom stereocenters. The molecule has 0 saturated carbocycles. The highest BCUT2D eigenvalue weighted by Crippen LogP contribution is 2.42. The summed E-state index contributed by atoms with van der Waals surface area (Å²) >= 11 is 0. The number of aromatic nitrogens is 2. The number of rotatable bonds is 10. The van der Waals surface area contributed by atoms with E-state index in [4.69, 9.17) is 23.3 Å². The third-order valence-electron chi connectivity index (χ3n) is 4.16. The van der Waals surface area contributed by atoms with Crippen LogP contribution in [0.25, 0.3) is 0 Å². The molecule has 186 valence electrons. The van der Waals surface area contributed by atoms with Gasteiger partial charge in [-0.15, -0.1) is 0 Å². The Morgan fingerprint density at radius 2 is 1.91 bits per heavy atom. The van der Waals surface area contributed by atoms with E-state index in [1.807, 2.05) is 0 Å². The smallest absolute Gasteiger partial charge is 0.351 e. The molecule has 0 aromatic carbocycles. The number of anilines is 1. The summed E-state index contributed by atoms with van der Waals surface area (Å²) in [4.78, 5) is 51.4. The Bertz CT molecular complexity index is 950. The average molecular weight is 490 g/mol. The Kier molecular flexibility index (Phi) is 9.29. The van der Waals surface area contributed by atoms with E-state index in [1.165, 1.54) is 40.0 Å². The number of hydrogen-bond donors (Lipinski definition) is 1. The van der Waals surface area contributed by atoms with Crippen LogP contribution in [0, 0.1) is 0 Å². The quantitative estimate of drug-likeness (QED) is 0.363. The minimum absolute atomic E-state index is 0.0266. The fourth-order valence-electron chi connectivity index (χ4n) is 3.17. The lowest BCUT2D eigenvalue weighted by molar-refractivity contribution is -0.231. The van der Waals surface area contributed by atoms with E-state index in [2.05, 4.69) is 10.3 Å². The van der Waals surface area contributed by atoms with Crippen molar-refractivity contribution < 1.29 is 42.3 Å². The highest BCUT2D eigenvalue weighted by Gasteiger charge is 2.50. The Hall–Kier alpha value is -2.15. The number of nitrogens with one attached hydrogen (secondary N) is 1. The molecule has 0 aliphatic carbocycles. The van der Waals surface area contributed by atoms with Crippen molar-refractivity contribution in [3.63, 3.8) is 0 Å². The van der Waals surface area contributed by atoms with Gasteiger partial charge in [0.15, 0.2) is 12.3 Å². The van der Waals surface area contributed by atoms with E-state index in [1.54, 1.807) is 13.8 Å². The second-order valence-corrected chi connectivity index (χ2v) is 9.23. The van der Waals surface area contributed by atoms with Gasteiger partial charge in [-0.1, -0.05) is 0 Å². The van der Waals surface area contributed by atoms with Crippen molar-refractivity contribution in [1.29, 1.82) is 0 Å². The number of phosphoric acid groups is 1. The standard InChI is InChI=1S/C19H30N3O10P/c1-10(2)29-16-14(9-28-33(26,27)32-11(3)4)31-18(17(16)30-13(6)24)22-8-7-15(20-12(5)23)21-19(22)25/h7-8,10-11,14,16-18H,9H2,1-6H3,(H,26,27)(H,20,21,23,25)/p-1/t14-,16?,17+,18-/m1/s1. The highest BCUT2D eigenvalue weighted by molar-refractivity contribution is 7.45. The van der Waals surface area contributed by atoms with Crippen molar-refractivity contribution in [3.05, 3.63) is 22.7 Å². The Balaban J connectivity index is 2.37. The highest BCUT2D eigenvalue weighted by atomic mass is 31.2. The molecule has 1 aliphatic rings. The number of hydrogen-bond acceptors (Lipinski definition) is 11. The number of nitrogens with zero attached hydrogens (tertiary/aromatic N) is 2. The van der Waals surface area contributed by atoms with E-state index in [0.29, 0.717) is 0 Å². The molecular weight excluding hydrogens is 461 g/mol. The lowest BCUT2D eigenvalue weighted by Gasteiger charge is -2.28. The van der Waals surface area contributed by atoms with Gasteiger partial charge in [0.05, 0.1) is 18.8 Å². The van der Waals surface area contributed by atoms with Crippen molar-refractivity contribution in [3.8, 4) is 0 Å². The van der Waals surface area contributed by atoms with Crippen LogP contribution >= 0.6 is 7.82 Å². The maximum absolute atomic E-state index is 12.6. The van der Waals surface area contributed by atoms with Gasteiger partial charge in [-0.25, -0.2) is 4.79 Å². The summed E-state index contributed by atoms with van der Waals surface area (Å²) in [6.07, 6.45) is -4.02. The molecule has 1 aromatic rings. The summed E-state index contributed by atoms with van der Waals surface area (Å²) in [7, 11) is -4.64. The van der Waals surface area contributed by atoms with Crippen LogP contribution in [-0.2, 0) is 37.4 Å². The predicted molar refractivity (Wildman–Crippen MR) is 112 cm³/mol. The maximum atomic E-state index is 12.6. The van der Waals surface area contributed by atoms with Crippen molar-refractivity contribution in [2.45, 2.75) is 78.3 Å². The minimum atomic E-state index is -4.64. The minimum Gasteiger partial charge on any atom is -0.756 e. The van der Waals surface area contributed by atoms with Gasteiger partial charge >= 0.3 is 11.7 Å². The molecule has 33 heavy (non-hydrogen) atoms. The van der Waals surface area contributed by atoms with Gasteiger partial charge in [0, 0.05) is 20.0 Å². The lowest BCUT2D eigenvalue weighted by Crippen LogP contribution is -2.42. The number of phosphoric ester groups is 1. The Morgan fingerprint density at radius 3 is 2.42 bits per heavy atom. The molecule has 14 heteroatoms. The predicted octanol–water partition coefficient (Wildman–Crippen LogP) is 0.734. The summed E-state index contributed by atoms with van der Waals surface area (Å²) in [6, 6.07) is 1.36. The number of ether oxygens (including phenoxy) is 3. The van der Waals surface area contributed by atoms with Crippen molar-refractivity contribution >= 4 is 25.5 Å². The van der Waals surface area contributed by atoms with Crippen LogP contribution in [0.2, 0.25) is 0 Å². The van der Waals surface area contributed by atoms with Crippen LogP contribution < -0.4 is 15.9 Å². The van der Waals surface area contributed by atoms with Crippen LogP contribution in [0.4, 0.5) is 5.82 Å². The largest absolute Gasteiger partial charge is 0.756 e. The van der Waals surface area contributed by atoms with Crippen LogP contribution in [0.3, 0.4) is 0 Å². The third kappa shape index (κ3) is 7.98. The lowest BCUT2D eigenvalue weighted by atomic mass is 10.1. The summed E-state index contributed by atoms with van der Waals surface area (Å²) in [5, 5.41) is 2.39. The second-order valence-electron chi connectivity index (χ2n) is 7.87. The summed E-state index contributed by atoms with van der Waals surface area (Å²) in [5.74, 6) is -1.05. The molecule has 1 aromatic heterocycles. The van der Waals surface area contributed by atoms with E-state index < -0.39 is 62.6 Å². The summed E-state index contributed by atoms with van der Waals surface area (Å²) < 4.78 is 39.9. The van der Waals surface area contributed by atoms with Gasteiger partial charge in [-0.3, -0.25) is 18.7 Å². The molecule has 0 radical (unpaired) electrons. The average Bonchev–Trinajstić information content (AvgIpc) is 2.95. The fraction of sp³-hybridized carbons (Fsp3) is 0.684. The molecule has 1 amide bonds. The summed E-state index contributed by atoms with van der Waals surface area (Å²) in [6.45, 7) is 8.45. The van der Waals surface area contributed by atoms with Crippen LogP contribution in [0.1, 0.15) is 47.8 Å². The van der Waals surface area contributed by atoms with Gasteiger partial charge in [0.25, 0.3) is 7.82 Å². The first-order chi connectivity index (χ1) is 15.3. The van der Waals surface area contributed by atoms with Crippen molar-refractivity contribution in [2.24, 2.45) is 0 Å². The molecule has 1 fully saturated rings. The first-order valence-electron chi connectivity index (χ1n) is 10.3. The molecule has 2 unspecified atom stereocenters. The third-order valence-corrected chi connectivity index (χ3v) is 5.31. The fourth-order valence-corrected chi connectivity index (χ4v) is 4.08. The zero-order valence-electron chi connectivity index (χ0n) is 19.3. The molecule has 2 rings (SSSR count). The van der Waals surface area contributed by atoms with E-state index in [-0.39, 0.29) is 11.9 Å². The number of amides is 1. The second kappa shape index (κ2) is 11.3. The molecule has 0 bridgehead atoms. The van der Waals surface area contributed by atoms with E-state index >= 15 is 0 Å². The van der Waals surface area contributed by atoms with Gasteiger partial charge in [0.2, 0.25) is 5.91 Å². The van der Waals surface area contributed by atoms with Crippen molar-refractivity contribution in [2.75, 3.05) is 11.9 Å². The first kappa shape index (κ1) is 27.1. The van der Waals surface area contributed by atoms with Gasteiger partial charge in [-0.05, 0) is 33.8 Å². The Morgan fingerprint density at radius 1 is 1.24 bits per heavy atom. The maximum Gasteiger partial charge on any atom is 0.351 e. The molecular formula is C19H29N3O10P-. The van der Waals surface area contributed by atoms with Crippen LogP contribution in [0.15, 0.2) is 17.1 Å². The topological polar surface area (TPSA) is 167 Å². The molecule has 2 heterocycles. The summed E-state index contributed by atoms with van der Waals surface area (Å²) in [5.41, 5.74) is -0.800. The zero-order valence-corrected chi connectivity index (χ0v) is 20.1. The molecule has 1 N–H and O–H groups in total. The van der Waals surface area contributed by atoms with Crippen LogP contribution in [-0.4, -0.2) is 58.6 Å². The zero-order chi connectivity index (χ0) is 24.9. The van der Waals surface area contributed by atoms with E-state index in [0.717, 1.165) is 4.57 Å². The van der Waals surface area contributed by atoms with Crippen molar-refractivity contribution in [1.82, 2.24) is 9.55 Å². The van der Waals surface area contributed by atoms with E-state index in [9.17, 15) is 23.8 Å². The SMILES string of the molecule is CC(=O)Nc1ccn([C@@H]2O[C@H](COP(=O)([O-])OC(C)C)C(OC(C)C)[C@@H]2OC(C)=O)c(=O)n1. The molecule has 1 saturated heterocycles. The van der Waals surface area contributed by atoms with Gasteiger partial charge in [-0.2, -0.15) is 4.98 Å². The normalized spacial score (nSPS) is 24.6. The Labute approximate surface area is 190 Å². The molecule has 13 nitrogen and oxygen atoms in total. The van der Waals surface area contributed by atoms with Crippen LogP contribution in [0.5, 0.6) is 0 Å².